The minimum Gasteiger partial charge on any atom is -0.351 e. The van der Waals surface area contributed by atoms with Gasteiger partial charge in [-0.05, 0) is 98.4 Å². The molecule has 0 amide bonds. The number of benzene rings is 3. The number of alkyl halides is 3. The molecule has 0 radical (unpaired) electrons. The van der Waals surface area contributed by atoms with E-state index in [1.165, 1.54) is 36.0 Å². The molecule has 228 valence electrons. The molecule has 7 nitrogen and oxygen atoms in total. The summed E-state index contributed by atoms with van der Waals surface area (Å²) in [6.07, 6.45) is -2.82. The minimum absolute atomic E-state index is 0.0273. The Morgan fingerprint density at radius 1 is 0.933 bits per heavy atom. The van der Waals surface area contributed by atoms with Gasteiger partial charge in [-0.3, -0.25) is 15.1 Å². The highest BCUT2D eigenvalue weighted by atomic mass is 32.2. The van der Waals surface area contributed by atoms with Crippen molar-refractivity contribution in [2.24, 2.45) is 0 Å². The van der Waals surface area contributed by atoms with E-state index in [4.69, 9.17) is 12.2 Å². The molecule has 2 atom stereocenters. The van der Waals surface area contributed by atoms with E-state index in [9.17, 15) is 23.3 Å². The Labute approximate surface area is 266 Å². The van der Waals surface area contributed by atoms with Gasteiger partial charge in [0.25, 0.3) is 5.69 Å². The van der Waals surface area contributed by atoms with Crippen molar-refractivity contribution in [2.75, 3.05) is 4.90 Å². The molecule has 12 heteroatoms. The largest absolute Gasteiger partial charge is 0.418 e. The number of aromatic nitrogens is 2. The molecule has 1 aliphatic heterocycles. The number of non-ortho nitro benzene ring substituents is 1. The summed E-state index contributed by atoms with van der Waals surface area (Å²) in [6, 6.07) is 26.4. The molecule has 3 heterocycles. The van der Waals surface area contributed by atoms with Crippen LogP contribution in [0.5, 0.6) is 0 Å². The highest BCUT2D eigenvalue weighted by molar-refractivity contribution is 7.99. The lowest BCUT2D eigenvalue weighted by Gasteiger charge is -2.28. The van der Waals surface area contributed by atoms with E-state index in [1.807, 2.05) is 60.4 Å². The summed E-state index contributed by atoms with van der Waals surface area (Å²) in [5.74, 6) is 0. The molecule has 3 aromatic carbocycles. The van der Waals surface area contributed by atoms with E-state index in [1.54, 1.807) is 35.9 Å². The van der Waals surface area contributed by atoms with Crippen molar-refractivity contribution >= 4 is 40.5 Å². The number of nitrogens with zero attached hydrogens (tertiary/aromatic N) is 4. The van der Waals surface area contributed by atoms with Gasteiger partial charge in [0.2, 0.25) is 0 Å². The minimum atomic E-state index is -4.52. The van der Waals surface area contributed by atoms with Crippen LogP contribution in [0.4, 0.5) is 24.5 Å². The molecule has 1 saturated heterocycles. The number of aryl methyl sites for hydroxylation is 1. The summed E-state index contributed by atoms with van der Waals surface area (Å²) in [7, 11) is 0. The summed E-state index contributed by atoms with van der Waals surface area (Å²) in [4.78, 5) is 18.9. The van der Waals surface area contributed by atoms with Gasteiger partial charge in [0.05, 0.1) is 34.0 Å². The van der Waals surface area contributed by atoms with E-state index >= 15 is 0 Å². The predicted octanol–water partition coefficient (Wildman–Crippen LogP) is 8.74. The molecule has 0 saturated carbocycles. The van der Waals surface area contributed by atoms with Gasteiger partial charge in [0.15, 0.2) is 5.11 Å². The van der Waals surface area contributed by atoms with E-state index in [0.717, 1.165) is 32.8 Å². The van der Waals surface area contributed by atoms with Gasteiger partial charge in [0.1, 0.15) is 0 Å². The molecule has 45 heavy (non-hydrogen) atoms. The van der Waals surface area contributed by atoms with Crippen molar-refractivity contribution in [2.45, 2.75) is 41.9 Å². The Morgan fingerprint density at radius 2 is 1.58 bits per heavy atom. The second-order valence-corrected chi connectivity index (χ2v) is 12.1. The standard InChI is InChI=1S/C33H26F3N5O2S2/c1-20-19-26(21(2)39(20)29-9-4-3-7-27(29)33(34,35)36)31-30(28-8-5-6-18-37-28)38-32(44)40(31)22-10-14-24(15-11-22)45-25-16-12-23(13-17-25)41(42)43/h3-19,30-31H,1-2H3,(H,38,44)/t30-,31+/m1/s1. The number of halogens is 3. The molecule has 1 fully saturated rings. The van der Waals surface area contributed by atoms with Crippen molar-refractivity contribution in [3.63, 3.8) is 0 Å². The third-order valence-corrected chi connectivity index (χ3v) is 9.07. The zero-order chi connectivity index (χ0) is 31.9. The summed E-state index contributed by atoms with van der Waals surface area (Å²) < 4.78 is 43.8. The maximum Gasteiger partial charge on any atom is 0.418 e. The number of hydrogen-bond acceptors (Lipinski definition) is 5. The monoisotopic (exact) mass is 645 g/mol. The molecule has 0 bridgehead atoms. The van der Waals surface area contributed by atoms with Gasteiger partial charge in [0, 0.05) is 45.2 Å². The number of nitrogens with one attached hydrogen (secondary N) is 1. The lowest BCUT2D eigenvalue weighted by molar-refractivity contribution is -0.384. The average molecular weight is 646 g/mol. The molecule has 1 N–H and O–H groups in total. The number of hydrogen-bond donors (Lipinski definition) is 1. The van der Waals surface area contributed by atoms with E-state index in [0.29, 0.717) is 16.5 Å². The summed E-state index contributed by atoms with van der Waals surface area (Å²) in [5, 5.41) is 14.9. The van der Waals surface area contributed by atoms with Gasteiger partial charge in [-0.1, -0.05) is 30.0 Å². The average Bonchev–Trinajstić information content (AvgIpc) is 3.52. The maximum atomic E-state index is 14.1. The first-order valence-corrected chi connectivity index (χ1v) is 15.1. The third kappa shape index (κ3) is 5.90. The van der Waals surface area contributed by atoms with Crippen LogP contribution in [-0.4, -0.2) is 19.6 Å². The second kappa shape index (κ2) is 12.0. The number of pyridine rings is 1. The highest BCUT2D eigenvalue weighted by Crippen LogP contribution is 2.45. The van der Waals surface area contributed by atoms with Crippen molar-refractivity contribution in [3.8, 4) is 5.69 Å². The second-order valence-electron chi connectivity index (χ2n) is 10.5. The molecule has 0 spiro atoms. The quantitative estimate of drug-likeness (QED) is 0.108. The lowest BCUT2D eigenvalue weighted by atomic mass is 9.96. The Hall–Kier alpha value is -4.68. The molecule has 6 rings (SSSR count). The van der Waals surface area contributed by atoms with E-state index < -0.39 is 22.7 Å². The van der Waals surface area contributed by atoms with Crippen molar-refractivity contribution in [1.82, 2.24) is 14.9 Å². The Morgan fingerprint density at radius 3 is 2.20 bits per heavy atom. The number of rotatable bonds is 7. The van der Waals surface area contributed by atoms with Crippen LogP contribution in [0.15, 0.2) is 113 Å². The van der Waals surface area contributed by atoms with Crippen LogP contribution in [0.3, 0.4) is 0 Å². The molecular weight excluding hydrogens is 620 g/mol. The zero-order valence-electron chi connectivity index (χ0n) is 24.0. The summed E-state index contributed by atoms with van der Waals surface area (Å²) in [5.41, 5.74) is 3.06. The van der Waals surface area contributed by atoms with E-state index in [2.05, 4.69) is 10.3 Å². The van der Waals surface area contributed by atoms with Crippen molar-refractivity contribution in [3.05, 3.63) is 142 Å². The van der Waals surface area contributed by atoms with Gasteiger partial charge < -0.3 is 14.8 Å². The molecule has 0 aliphatic carbocycles. The van der Waals surface area contributed by atoms with Crippen LogP contribution in [0.25, 0.3) is 5.69 Å². The fourth-order valence-corrected chi connectivity index (χ4v) is 6.92. The maximum absolute atomic E-state index is 14.1. The van der Waals surface area contributed by atoms with Gasteiger partial charge in [-0.25, -0.2) is 0 Å². The number of nitro groups is 1. The molecule has 2 aromatic heterocycles. The normalized spacial score (nSPS) is 16.6. The van der Waals surface area contributed by atoms with Gasteiger partial charge in [-0.2, -0.15) is 13.2 Å². The zero-order valence-corrected chi connectivity index (χ0v) is 25.7. The Balaban J connectivity index is 1.40. The van der Waals surface area contributed by atoms with Crippen molar-refractivity contribution in [1.29, 1.82) is 0 Å². The van der Waals surface area contributed by atoms with Crippen LogP contribution in [0, 0.1) is 24.0 Å². The molecular formula is C33H26F3N5O2S2. The van der Waals surface area contributed by atoms with Gasteiger partial charge >= 0.3 is 6.18 Å². The van der Waals surface area contributed by atoms with Crippen LogP contribution in [-0.2, 0) is 6.18 Å². The predicted molar refractivity (Wildman–Crippen MR) is 172 cm³/mol. The van der Waals surface area contributed by atoms with E-state index in [-0.39, 0.29) is 17.4 Å². The Kier molecular flexibility index (Phi) is 8.10. The Bertz CT molecular complexity index is 1880. The fraction of sp³-hybridized carbons (Fsp3) is 0.152. The highest BCUT2D eigenvalue weighted by Gasteiger charge is 2.43. The first-order chi connectivity index (χ1) is 21.5. The van der Waals surface area contributed by atoms with Crippen LogP contribution in [0.1, 0.15) is 40.3 Å². The van der Waals surface area contributed by atoms with Crippen LogP contribution >= 0.6 is 24.0 Å². The molecule has 5 aromatic rings. The number of thiocarbonyl (C=S) groups is 1. The topological polar surface area (TPSA) is 76.2 Å². The third-order valence-electron chi connectivity index (χ3n) is 7.74. The first kappa shape index (κ1) is 30.4. The number of para-hydroxylation sites is 1. The fourth-order valence-electron chi connectivity index (χ4n) is 5.76. The van der Waals surface area contributed by atoms with Crippen LogP contribution < -0.4 is 10.2 Å². The van der Waals surface area contributed by atoms with Crippen LogP contribution in [0.2, 0.25) is 0 Å². The number of nitro benzene ring substituents is 1. The lowest BCUT2D eigenvalue weighted by Crippen LogP contribution is -2.29. The smallest absolute Gasteiger partial charge is 0.351 e. The first-order valence-electron chi connectivity index (χ1n) is 13.9. The van der Waals surface area contributed by atoms with Gasteiger partial charge in [-0.15, -0.1) is 0 Å². The molecule has 0 unspecified atom stereocenters. The number of anilines is 1. The van der Waals surface area contributed by atoms with Crippen molar-refractivity contribution < 1.29 is 18.1 Å². The summed E-state index contributed by atoms with van der Waals surface area (Å²) in [6.45, 7) is 3.63. The molecule has 1 aliphatic rings. The SMILES string of the molecule is Cc1cc([C@H]2[C@@H](c3ccccn3)NC(=S)N2c2ccc(Sc3ccc([N+](=O)[O-])cc3)cc2)c(C)n1-c1ccccc1C(F)(F)F. The summed E-state index contributed by atoms with van der Waals surface area (Å²) >= 11 is 7.33.